The van der Waals surface area contributed by atoms with Crippen LogP contribution in [0.3, 0.4) is 0 Å². The zero-order valence-electron chi connectivity index (χ0n) is 15.3. The monoisotopic (exact) mass is 424 g/mol. The first-order valence-electron chi connectivity index (χ1n) is 8.77. The van der Waals surface area contributed by atoms with E-state index in [2.05, 4.69) is 21.2 Å². The number of hydrogen-bond acceptors (Lipinski definition) is 4. The van der Waals surface area contributed by atoms with Crippen LogP contribution in [0.15, 0.2) is 71.3 Å². The van der Waals surface area contributed by atoms with Crippen LogP contribution in [0.5, 0.6) is 0 Å². The van der Waals surface area contributed by atoms with Crippen molar-refractivity contribution in [2.45, 2.75) is 0 Å². The third-order valence-corrected chi connectivity index (χ3v) is 4.41. The minimum Gasteiger partial charge on any atom is -0.463 e. The first-order valence-corrected chi connectivity index (χ1v) is 9.18. The summed E-state index contributed by atoms with van der Waals surface area (Å²) in [5.74, 6) is -1.48. The van der Waals surface area contributed by atoms with Gasteiger partial charge < -0.3 is 9.73 Å². The molecule has 0 aliphatic rings. The normalized spacial score (nSPS) is 10.6. The number of benzene rings is 2. The highest BCUT2D eigenvalue weighted by molar-refractivity contribution is 7.80. The molecule has 0 atom stereocenters. The molecule has 2 heterocycles. The lowest BCUT2D eigenvalue weighted by Gasteiger charge is -2.13. The van der Waals surface area contributed by atoms with Gasteiger partial charge in [0.05, 0.1) is 23.0 Å². The quantitative estimate of drug-likeness (QED) is 0.334. The number of halogens is 2. The fourth-order valence-corrected chi connectivity index (χ4v) is 3.00. The largest absolute Gasteiger partial charge is 0.463 e. The van der Waals surface area contributed by atoms with Crippen LogP contribution in [0.25, 0.3) is 22.4 Å². The summed E-state index contributed by atoms with van der Waals surface area (Å²) in [7, 11) is 0. The van der Waals surface area contributed by atoms with E-state index in [9.17, 15) is 13.6 Å². The summed E-state index contributed by atoms with van der Waals surface area (Å²) in [6, 6.07) is 15.3. The number of nitrogens with one attached hydrogen (secondary N) is 3. The molecule has 4 rings (SSSR count). The second-order valence-electron chi connectivity index (χ2n) is 6.21. The standard InChI is InChI=1S/C21H14F2N4O2S/c22-12-7-8-17(15(23)10-12)25-21(30)27-26-20(28)14-11-18(19-6-3-9-29-19)24-16-5-2-1-4-13(14)16/h1-11H,(H,26,28)(H2,25,27,30). The van der Waals surface area contributed by atoms with Crippen molar-refractivity contribution in [2.75, 3.05) is 5.32 Å². The van der Waals surface area contributed by atoms with E-state index >= 15 is 0 Å². The second kappa shape index (κ2) is 8.26. The number of anilines is 1. The predicted molar refractivity (Wildman–Crippen MR) is 113 cm³/mol. The van der Waals surface area contributed by atoms with Gasteiger partial charge in [-0.05, 0) is 48.6 Å². The van der Waals surface area contributed by atoms with E-state index < -0.39 is 17.5 Å². The third kappa shape index (κ3) is 4.11. The molecule has 0 saturated carbocycles. The van der Waals surface area contributed by atoms with Crippen LogP contribution in [0.4, 0.5) is 14.5 Å². The van der Waals surface area contributed by atoms with E-state index in [-0.39, 0.29) is 10.8 Å². The number of pyridine rings is 1. The van der Waals surface area contributed by atoms with Gasteiger partial charge in [-0.3, -0.25) is 15.6 Å². The van der Waals surface area contributed by atoms with Gasteiger partial charge in [0, 0.05) is 11.5 Å². The van der Waals surface area contributed by atoms with E-state index in [0.717, 1.165) is 12.1 Å². The average Bonchev–Trinajstić information content (AvgIpc) is 3.28. The number of furan rings is 1. The number of aromatic nitrogens is 1. The van der Waals surface area contributed by atoms with Crippen molar-refractivity contribution in [3.63, 3.8) is 0 Å². The van der Waals surface area contributed by atoms with Crippen LogP contribution in [0.2, 0.25) is 0 Å². The van der Waals surface area contributed by atoms with Crippen LogP contribution >= 0.6 is 12.2 Å². The van der Waals surface area contributed by atoms with Gasteiger partial charge in [0.15, 0.2) is 10.9 Å². The van der Waals surface area contributed by atoms with Gasteiger partial charge in [-0.25, -0.2) is 13.8 Å². The molecule has 0 unspecified atom stereocenters. The summed E-state index contributed by atoms with van der Waals surface area (Å²) in [6.45, 7) is 0. The number of hydrazine groups is 1. The first-order chi connectivity index (χ1) is 14.5. The van der Waals surface area contributed by atoms with Gasteiger partial charge in [0.25, 0.3) is 5.91 Å². The molecule has 2 aromatic heterocycles. The van der Waals surface area contributed by atoms with Crippen molar-refractivity contribution >= 4 is 39.8 Å². The Bertz CT molecular complexity index is 1250. The summed E-state index contributed by atoms with van der Waals surface area (Å²) < 4.78 is 32.1. The van der Waals surface area contributed by atoms with Crippen LogP contribution in [0.1, 0.15) is 10.4 Å². The van der Waals surface area contributed by atoms with Crippen molar-refractivity contribution < 1.29 is 18.0 Å². The Balaban J connectivity index is 1.53. The second-order valence-corrected chi connectivity index (χ2v) is 6.62. The maximum atomic E-state index is 13.7. The van der Waals surface area contributed by atoms with Gasteiger partial charge in [-0.15, -0.1) is 0 Å². The Morgan fingerprint density at radius 3 is 2.60 bits per heavy atom. The molecular weight excluding hydrogens is 410 g/mol. The van der Waals surface area contributed by atoms with Gasteiger partial charge in [-0.2, -0.15) is 0 Å². The van der Waals surface area contributed by atoms with Crippen molar-refractivity contribution in [3.05, 3.63) is 84.1 Å². The fraction of sp³-hybridized carbons (Fsp3) is 0. The number of para-hydroxylation sites is 1. The summed E-state index contributed by atoms with van der Waals surface area (Å²) >= 11 is 5.06. The minimum atomic E-state index is -0.811. The van der Waals surface area contributed by atoms with Crippen molar-refractivity contribution in [1.29, 1.82) is 0 Å². The lowest BCUT2D eigenvalue weighted by atomic mass is 10.1. The summed E-state index contributed by atoms with van der Waals surface area (Å²) in [5.41, 5.74) is 6.40. The fourth-order valence-electron chi connectivity index (χ4n) is 2.84. The zero-order chi connectivity index (χ0) is 21.1. The van der Waals surface area contributed by atoms with E-state index in [1.807, 2.05) is 6.07 Å². The topological polar surface area (TPSA) is 79.2 Å². The Labute approximate surface area is 174 Å². The number of nitrogens with zero attached hydrogens (tertiary/aromatic N) is 1. The predicted octanol–water partition coefficient (Wildman–Crippen LogP) is 4.40. The molecule has 9 heteroatoms. The third-order valence-electron chi connectivity index (χ3n) is 4.20. The van der Waals surface area contributed by atoms with Gasteiger partial charge in [0.2, 0.25) is 0 Å². The molecule has 0 bridgehead atoms. The number of carbonyl (C=O) groups is 1. The van der Waals surface area contributed by atoms with E-state index in [1.165, 1.54) is 12.3 Å². The number of fused-ring (bicyclic) bond motifs is 1. The average molecular weight is 424 g/mol. The zero-order valence-corrected chi connectivity index (χ0v) is 16.1. The molecule has 0 radical (unpaired) electrons. The summed E-state index contributed by atoms with van der Waals surface area (Å²) in [4.78, 5) is 17.3. The highest BCUT2D eigenvalue weighted by Gasteiger charge is 2.15. The number of carbonyl (C=O) groups excluding carboxylic acids is 1. The van der Waals surface area contributed by atoms with E-state index in [1.54, 1.807) is 36.4 Å². The van der Waals surface area contributed by atoms with Gasteiger partial charge in [-0.1, -0.05) is 18.2 Å². The Kier molecular flexibility index (Phi) is 5.36. The highest BCUT2D eigenvalue weighted by Crippen LogP contribution is 2.25. The SMILES string of the molecule is O=C(NNC(=S)Nc1ccc(F)cc1F)c1cc(-c2ccco2)nc2ccccc12. The Hall–Kier alpha value is -3.85. The molecule has 4 aromatic rings. The molecule has 6 nitrogen and oxygen atoms in total. The number of thiocarbonyl (C=S) groups is 1. The lowest BCUT2D eigenvalue weighted by molar-refractivity contribution is 0.0946. The molecule has 0 spiro atoms. The molecule has 3 N–H and O–H groups in total. The van der Waals surface area contributed by atoms with Crippen LogP contribution < -0.4 is 16.2 Å². The molecule has 0 saturated heterocycles. The molecule has 0 aliphatic carbocycles. The first kappa shape index (κ1) is 19.5. The number of rotatable bonds is 3. The molecule has 2 aromatic carbocycles. The molecule has 1 amide bonds. The van der Waals surface area contributed by atoms with E-state index in [0.29, 0.717) is 27.9 Å². The molecule has 0 aliphatic heterocycles. The smallest absolute Gasteiger partial charge is 0.270 e. The summed E-state index contributed by atoms with van der Waals surface area (Å²) in [5, 5.41) is 3.12. The number of hydrogen-bond donors (Lipinski definition) is 3. The van der Waals surface area contributed by atoms with Crippen LogP contribution in [-0.4, -0.2) is 16.0 Å². The number of amides is 1. The van der Waals surface area contributed by atoms with Gasteiger partial charge in [0.1, 0.15) is 17.3 Å². The lowest BCUT2D eigenvalue weighted by Crippen LogP contribution is -2.44. The molecule has 150 valence electrons. The molecule has 0 fully saturated rings. The van der Waals surface area contributed by atoms with Crippen LogP contribution in [0, 0.1) is 11.6 Å². The maximum absolute atomic E-state index is 13.7. The Morgan fingerprint density at radius 1 is 1.00 bits per heavy atom. The van der Waals surface area contributed by atoms with Gasteiger partial charge >= 0.3 is 0 Å². The molecule has 30 heavy (non-hydrogen) atoms. The minimum absolute atomic E-state index is 0.0300. The maximum Gasteiger partial charge on any atom is 0.270 e. The highest BCUT2D eigenvalue weighted by atomic mass is 32.1. The van der Waals surface area contributed by atoms with Crippen LogP contribution in [-0.2, 0) is 0 Å². The van der Waals surface area contributed by atoms with Crippen molar-refractivity contribution in [1.82, 2.24) is 15.8 Å². The Morgan fingerprint density at radius 2 is 1.83 bits per heavy atom. The van der Waals surface area contributed by atoms with Crippen molar-refractivity contribution in [2.24, 2.45) is 0 Å². The molecular formula is C21H14F2N4O2S. The van der Waals surface area contributed by atoms with E-state index in [4.69, 9.17) is 16.6 Å². The van der Waals surface area contributed by atoms with Crippen molar-refractivity contribution in [3.8, 4) is 11.5 Å². The summed E-state index contributed by atoms with van der Waals surface area (Å²) in [6.07, 6.45) is 1.52.